The summed E-state index contributed by atoms with van der Waals surface area (Å²) in [5.41, 5.74) is 8.38. The number of thiophene rings is 1. The molecule has 0 bridgehead atoms. The smallest absolute Gasteiger partial charge is 0.241 e. The van der Waals surface area contributed by atoms with E-state index in [-0.39, 0.29) is 5.91 Å². The van der Waals surface area contributed by atoms with Crippen molar-refractivity contribution in [3.05, 3.63) is 107 Å². The van der Waals surface area contributed by atoms with Crippen LogP contribution in [-0.4, -0.2) is 16.7 Å². The Balaban J connectivity index is 1.52. The number of benzene rings is 3. The molecule has 0 saturated carbocycles. The number of carbonyl (C=O) groups excluding carboxylic acids is 1. The summed E-state index contributed by atoms with van der Waals surface area (Å²) >= 11 is 1.58. The summed E-state index contributed by atoms with van der Waals surface area (Å²) in [6, 6.07) is 33.2. The zero-order valence-electron chi connectivity index (χ0n) is 18.0. The molecule has 5 rings (SSSR count). The van der Waals surface area contributed by atoms with Crippen LogP contribution in [0.25, 0.3) is 33.3 Å². The summed E-state index contributed by atoms with van der Waals surface area (Å²) in [6.07, 6.45) is 2.01. The number of hydrazone groups is 1. The van der Waals surface area contributed by atoms with Gasteiger partial charge >= 0.3 is 0 Å². The molecule has 4 nitrogen and oxygen atoms in total. The van der Waals surface area contributed by atoms with Gasteiger partial charge in [-0.2, -0.15) is 5.10 Å². The van der Waals surface area contributed by atoms with Crippen molar-refractivity contribution >= 4 is 34.4 Å². The van der Waals surface area contributed by atoms with Crippen LogP contribution in [0, 0.1) is 0 Å². The van der Waals surface area contributed by atoms with E-state index in [4.69, 9.17) is 0 Å². The standard InChI is InChI=1S/C28H23N3OS/c32-26(30-29-20-23-14-9-19-33-23)17-18-31-25-16-8-7-15-24(25)27(21-10-3-1-4-11-21)28(31)22-12-5-2-6-13-22/h1-16,19-20H,17-18H2,(H,30,32)/b29-20-. The van der Waals surface area contributed by atoms with E-state index in [2.05, 4.69) is 81.8 Å². The second-order valence-electron chi connectivity index (χ2n) is 7.68. The third-order valence-electron chi connectivity index (χ3n) is 5.57. The quantitative estimate of drug-likeness (QED) is 0.221. The van der Waals surface area contributed by atoms with E-state index < -0.39 is 0 Å². The minimum absolute atomic E-state index is 0.110. The van der Waals surface area contributed by atoms with E-state index in [1.165, 1.54) is 10.9 Å². The predicted octanol–water partition coefficient (Wildman–Crippen LogP) is 6.58. The van der Waals surface area contributed by atoms with Crippen molar-refractivity contribution < 1.29 is 4.79 Å². The van der Waals surface area contributed by atoms with E-state index in [9.17, 15) is 4.79 Å². The molecule has 1 N–H and O–H groups in total. The monoisotopic (exact) mass is 449 g/mol. The number of nitrogens with one attached hydrogen (secondary N) is 1. The third-order valence-corrected chi connectivity index (χ3v) is 6.37. The predicted molar refractivity (Wildman–Crippen MR) is 137 cm³/mol. The topological polar surface area (TPSA) is 46.4 Å². The Morgan fingerprint density at radius 2 is 1.55 bits per heavy atom. The van der Waals surface area contributed by atoms with Gasteiger partial charge in [0.1, 0.15) is 0 Å². The number of hydrogen-bond donors (Lipinski definition) is 1. The molecule has 0 aliphatic carbocycles. The number of hydrogen-bond acceptors (Lipinski definition) is 3. The normalized spacial score (nSPS) is 11.3. The first-order valence-corrected chi connectivity index (χ1v) is 11.8. The van der Waals surface area contributed by atoms with Crippen LogP contribution in [0.15, 0.2) is 108 Å². The van der Waals surface area contributed by atoms with Gasteiger partial charge in [0, 0.05) is 34.3 Å². The Kier molecular flexibility index (Phi) is 6.13. The Hall–Kier alpha value is -3.96. The minimum atomic E-state index is -0.110. The maximum Gasteiger partial charge on any atom is 0.241 e. The summed E-state index contributed by atoms with van der Waals surface area (Å²) in [6.45, 7) is 0.554. The van der Waals surface area contributed by atoms with Crippen LogP contribution in [0.2, 0.25) is 0 Å². The van der Waals surface area contributed by atoms with Crippen LogP contribution in [0.1, 0.15) is 11.3 Å². The van der Waals surface area contributed by atoms with E-state index in [1.807, 2.05) is 35.7 Å². The fourth-order valence-corrected chi connectivity index (χ4v) is 4.72. The van der Waals surface area contributed by atoms with Crippen molar-refractivity contribution in [1.29, 1.82) is 0 Å². The number of aryl methyl sites for hydroxylation is 1. The number of aromatic nitrogens is 1. The maximum atomic E-state index is 12.6. The second-order valence-corrected chi connectivity index (χ2v) is 8.66. The van der Waals surface area contributed by atoms with Gasteiger partial charge in [-0.3, -0.25) is 4.79 Å². The lowest BCUT2D eigenvalue weighted by Crippen LogP contribution is -2.19. The summed E-state index contributed by atoms with van der Waals surface area (Å²) in [7, 11) is 0. The van der Waals surface area contributed by atoms with E-state index in [0.29, 0.717) is 13.0 Å². The van der Waals surface area contributed by atoms with Crippen molar-refractivity contribution in [2.24, 2.45) is 5.10 Å². The highest BCUT2D eigenvalue weighted by Gasteiger charge is 2.20. The number of para-hydroxylation sites is 1. The molecule has 162 valence electrons. The first-order valence-electron chi connectivity index (χ1n) is 10.9. The van der Waals surface area contributed by atoms with Crippen molar-refractivity contribution in [2.45, 2.75) is 13.0 Å². The van der Waals surface area contributed by atoms with Crippen LogP contribution < -0.4 is 5.43 Å². The Morgan fingerprint density at radius 1 is 0.848 bits per heavy atom. The van der Waals surface area contributed by atoms with Crippen LogP contribution in [0.5, 0.6) is 0 Å². The summed E-state index contributed by atoms with van der Waals surface area (Å²) in [5.74, 6) is -0.110. The van der Waals surface area contributed by atoms with Gasteiger partial charge in [0.25, 0.3) is 0 Å². The molecular weight excluding hydrogens is 426 g/mol. The highest BCUT2D eigenvalue weighted by molar-refractivity contribution is 7.11. The lowest BCUT2D eigenvalue weighted by atomic mass is 9.98. The first-order chi connectivity index (χ1) is 16.3. The lowest BCUT2D eigenvalue weighted by molar-refractivity contribution is -0.121. The van der Waals surface area contributed by atoms with Crippen molar-refractivity contribution in [2.75, 3.05) is 0 Å². The fourth-order valence-electron chi connectivity index (χ4n) is 4.13. The maximum absolute atomic E-state index is 12.6. The van der Waals surface area contributed by atoms with Gasteiger partial charge in [0.2, 0.25) is 5.91 Å². The van der Waals surface area contributed by atoms with Gasteiger partial charge < -0.3 is 4.57 Å². The molecular formula is C28H23N3OS. The number of nitrogens with zero attached hydrogens (tertiary/aromatic N) is 2. The fraction of sp³-hybridized carbons (Fsp3) is 0.0714. The molecule has 0 spiro atoms. The molecule has 5 aromatic rings. The molecule has 0 fully saturated rings. The Labute approximate surface area is 196 Å². The Bertz CT molecular complexity index is 1390. The number of fused-ring (bicyclic) bond motifs is 1. The van der Waals surface area contributed by atoms with Crippen LogP contribution in [-0.2, 0) is 11.3 Å². The van der Waals surface area contributed by atoms with Crippen molar-refractivity contribution in [3.63, 3.8) is 0 Å². The van der Waals surface area contributed by atoms with E-state index >= 15 is 0 Å². The molecule has 0 radical (unpaired) electrons. The zero-order chi connectivity index (χ0) is 22.5. The van der Waals surface area contributed by atoms with Gasteiger partial charge in [0.15, 0.2) is 0 Å². The summed E-state index contributed by atoms with van der Waals surface area (Å²) in [5, 5.41) is 7.26. The van der Waals surface area contributed by atoms with Gasteiger partial charge in [-0.25, -0.2) is 5.43 Å². The second kappa shape index (κ2) is 9.67. The van der Waals surface area contributed by atoms with Gasteiger partial charge in [-0.05, 0) is 28.6 Å². The molecule has 33 heavy (non-hydrogen) atoms. The van der Waals surface area contributed by atoms with Crippen molar-refractivity contribution in [3.8, 4) is 22.4 Å². The molecule has 1 amide bonds. The van der Waals surface area contributed by atoms with Gasteiger partial charge in [-0.15, -0.1) is 11.3 Å². The molecule has 0 saturated heterocycles. The molecule has 5 heteroatoms. The van der Waals surface area contributed by atoms with Crippen LogP contribution in [0.3, 0.4) is 0 Å². The molecule has 0 aliphatic rings. The average molecular weight is 450 g/mol. The van der Waals surface area contributed by atoms with Gasteiger partial charge in [0.05, 0.1) is 11.9 Å². The van der Waals surface area contributed by atoms with E-state index in [1.54, 1.807) is 17.6 Å². The summed E-state index contributed by atoms with van der Waals surface area (Å²) in [4.78, 5) is 13.6. The molecule has 2 aromatic heterocycles. The molecule has 0 aliphatic heterocycles. The lowest BCUT2D eigenvalue weighted by Gasteiger charge is -2.13. The number of amides is 1. The minimum Gasteiger partial charge on any atom is -0.339 e. The largest absolute Gasteiger partial charge is 0.339 e. The average Bonchev–Trinajstić information content (AvgIpc) is 3.50. The Morgan fingerprint density at radius 3 is 2.27 bits per heavy atom. The molecule has 0 atom stereocenters. The van der Waals surface area contributed by atoms with E-state index in [0.717, 1.165) is 27.2 Å². The SMILES string of the molecule is O=C(CCn1c(-c2ccccc2)c(-c2ccccc2)c2ccccc21)N/N=C\c1cccs1. The molecule has 0 unspecified atom stereocenters. The van der Waals surface area contributed by atoms with Crippen molar-refractivity contribution in [1.82, 2.24) is 9.99 Å². The highest BCUT2D eigenvalue weighted by Crippen LogP contribution is 2.40. The van der Waals surface area contributed by atoms with Gasteiger partial charge in [-0.1, -0.05) is 84.9 Å². The van der Waals surface area contributed by atoms with Crippen LogP contribution >= 0.6 is 11.3 Å². The van der Waals surface area contributed by atoms with Crippen LogP contribution in [0.4, 0.5) is 0 Å². The number of rotatable bonds is 7. The highest BCUT2D eigenvalue weighted by atomic mass is 32.1. The first kappa shape index (κ1) is 20.9. The number of carbonyl (C=O) groups is 1. The third kappa shape index (κ3) is 4.49. The molecule has 3 aromatic carbocycles. The molecule has 2 heterocycles. The zero-order valence-corrected chi connectivity index (χ0v) is 18.8. The summed E-state index contributed by atoms with van der Waals surface area (Å²) < 4.78 is 2.26.